The minimum absolute atomic E-state index is 0.0732. The topological polar surface area (TPSA) is 12.9 Å². The van der Waals surface area contributed by atoms with Gasteiger partial charge in [-0.1, -0.05) is 95.2 Å². The minimum atomic E-state index is 0.0732. The Morgan fingerprint density at radius 2 is 1.04 bits per heavy atom. The number of rotatable bonds is 0. The van der Waals surface area contributed by atoms with Crippen LogP contribution in [0.2, 0.25) is 0 Å². The Bertz CT molecular complexity index is 929. The predicted octanol–water partition coefficient (Wildman–Crippen LogP) is 6.36. The SMILES string of the molecule is CC(C)(C)C1=CC(C(C)(C)C)=c2cc3c(nc21)=C(C(C)(C)C)C=C3C(C)(C)C. The Balaban J connectivity index is 2.47. The highest BCUT2D eigenvalue weighted by Gasteiger charge is 2.34. The standard InChI is InChI=1S/C27H39N/c1-24(2,3)18-14-20(26(7,8)9)22-16(18)13-17-19(25(4,5)6)15-21(23(17)28-22)27(10,11)12/h13-15H,1-12H3. The Labute approximate surface area is 172 Å². The normalized spacial score (nSPS) is 17.6. The first kappa shape index (κ1) is 21.1. The lowest BCUT2D eigenvalue weighted by atomic mass is 9.82. The summed E-state index contributed by atoms with van der Waals surface area (Å²) in [5.74, 6) is 0. The Kier molecular flexibility index (Phi) is 4.47. The molecule has 0 aromatic carbocycles. The van der Waals surface area contributed by atoms with Crippen molar-refractivity contribution in [1.29, 1.82) is 0 Å². The highest BCUT2D eigenvalue weighted by molar-refractivity contribution is 5.90. The van der Waals surface area contributed by atoms with E-state index in [0.717, 1.165) is 0 Å². The molecule has 152 valence electrons. The van der Waals surface area contributed by atoms with E-state index in [1.807, 2.05) is 0 Å². The molecule has 0 atom stereocenters. The summed E-state index contributed by atoms with van der Waals surface area (Å²) in [6.45, 7) is 27.7. The van der Waals surface area contributed by atoms with Crippen molar-refractivity contribution in [1.82, 2.24) is 4.98 Å². The molecule has 3 rings (SSSR count). The number of pyridine rings is 1. The first-order valence-corrected chi connectivity index (χ1v) is 10.7. The van der Waals surface area contributed by atoms with Crippen molar-refractivity contribution in [3.8, 4) is 0 Å². The molecule has 1 heterocycles. The van der Waals surface area contributed by atoms with Crippen LogP contribution in [0.15, 0.2) is 18.2 Å². The third-order valence-electron chi connectivity index (χ3n) is 5.92. The van der Waals surface area contributed by atoms with Crippen LogP contribution in [-0.4, -0.2) is 4.98 Å². The van der Waals surface area contributed by atoms with Gasteiger partial charge in [-0.25, -0.2) is 4.98 Å². The highest BCUT2D eigenvalue weighted by Crippen LogP contribution is 2.43. The average Bonchev–Trinajstić information content (AvgIpc) is 3.00. The molecule has 0 unspecified atom stereocenters. The van der Waals surface area contributed by atoms with Crippen molar-refractivity contribution in [2.75, 3.05) is 0 Å². The van der Waals surface area contributed by atoms with Crippen molar-refractivity contribution in [2.45, 2.75) is 83.1 Å². The van der Waals surface area contributed by atoms with Crippen molar-refractivity contribution in [3.05, 3.63) is 40.0 Å². The molecule has 0 aliphatic heterocycles. The lowest BCUT2D eigenvalue weighted by Gasteiger charge is -2.23. The van der Waals surface area contributed by atoms with Gasteiger partial charge >= 0.3 is 0 Å². The molecule has 0 saturated heterocycles. The first-order valence-electron chi connectivity index (χ1n) is 10.7. The molecular weight excluding hydrogens is 338 g/mol. The number of hydrogen-bond donors (Lipinski definition) is 0. The van der Waals surface area contributed by atoms with Gasteiger partial charge in [0.1, 0.15) is 0 Å². The third kappa shape index (κ3) is 3.42. The smallest absolute Gasteiger partial charge is 0.0750 e. The van der Waals surface area contributed by atoms with Gasteiger partial charge in [0, 0.05) is 10.8 Å². The monoisotopic (exact) mass is 377 g/mol. The maximum atomic E-state index is 5.38. The minimum Gasteiger partial charge on any atom is -0.247 e. The van der Waals surface area contributed by atoms with Crippen LogP contribution in [0.1, 0.15) is 94.3 Å². The van der Waals surface area contributed by atoms with E-state index in [1.54, 1.807) is 0 Å². The van der Waals surface area contributed by atoms with Crippen LogP contribution < -0.4 is 10.6 Å². The zero-order chi connectivity index (χ0) is 21.4. The van der Waals surface area contributed by atoms with Crippen LogP contribution in [0.25, 0.3) is 22.3 Å². The van der Waals surface area contributed by atoms with Gasteiger partial charge in [-0.3, -0.25) is 0 Å². The second-order valence-corrected chi connectivity index (χ2v) is 12.7. The molecule has 0 N–H and O–H groups in total. The van der Waals surface area contributed by atoms with Gasteiger partial charge < -0.3 is 0 Å². The van der Waals surface area contributed by atoms with Gasteiger partial charge in [0.25, 0.3) is 0 Å². The van der Waals surface area contributed by atoms with E-state index in [-0.39, 0.29) is 21.7 Å². The maximum absolute atomic E-state index is 5.38. The molecule has 1 nitrogen and oxygen atoms in total. The Hall–Kier alpha value is -1.63. The van der Waals surface area contributed by atoms with Gasteiger partial charge in [-0.2, -0.15) is 0 Å². The van der Waals surface area contributed by atoms with E-state index in [4.69, 9.17) is 4.98 Å². The second kappa shape index (κ2) is 5.94. The van der Waals surface area contributed by atoms with Gasteiger partial charge in [-0.15, -0.1) is 0 Å². The molecule has 2 aliphatic carbocycles. The van der Waals surface area contributed by atoms with Gasteiger partial charge in [0.2, 0.25) is 0 Å². The van der Waals surface area contributed by atoms with Gasteiger partial charge in [0.15, 0.2) is 0 Å². The quantitative estimate of drug-likeness (QED) is 0.512. The van der Waals surface area contributed by atoms with Crippen LogP contribution in [0.3, 0.4) is 0 Å². The summed E-state index contributed by atoms with van der Waals surface area (Å²) in [4.78, 5) is 5.38. The fourth-order valence-electron chi connectivity index (χ4n) is 4.30. The lowest BCUT2D eigenvalue weighted by molar-refractivity contribution is 0.559. The average molecular weight is 378 g/mol. The molecule has 0 fully saturated rings. The van der Waals surface area contributed by atoms with Crippen molar-refractivity contribution in [3.63, 3.8) is 0 Å². The molecule has 1 heteroatoms. The number of hydrogen-bond acceptors (Lipinski definition) is 1. The van der Waals surface area contributed by atoms with Crippen LogP contribution in [0.5, 0.6) is 0 Å². The van der Waals surface area contributed by atoms with Gasteiger partial charge in [0.05, 0.1) is 11.0 Å². The Morgan fingerprint density at radius 1 is 0.571 bits per heavy atom. The lowest BCUT2D eigenvalue weighted by Crippen LogP contribution is -2.29. The van der Waals surface area contributed by atoms with E-state index >= 15 is 0 Å². The Morgan fingerprint density at radius 3 is 1.46 bits per heavy atom. The van der Waals surface area contributed by atoms with Crippen molar-refractivity contribution < 1.29 is 0 Å². The molecule has 0 radical (unpaired) electrons. The fraction of sp³-hybridized carbons (Fsp3) is 0.593. The number of aromatic nitrogens is 1. The summed E-state index contributed by atoms with van der Waals surface area (Å²) >= 11 is 0. The van der Waals surface area contributed by atoms with E-state index in [9.17, 15) is 0 Å². The third-order valence-corrected chi connectivity index (χ3v) is 5.92. The van der Waals surface area contributed by atoms with E-state index in [0.29, 0.717) is 0 Å². The summed E-state index contributed by atoms with van der Waals surface area (Å²) in [5, 5.41) is 2.53. The van der Waals surface area contributed by atoms with E-state index in [1.165, 1.54) is 44.1 Å². The second-order valence-electron chi connectivity index (χ2n) is 12.7. The van der Waals surface area contributed by atoms with Crippen LogP contribution in [-0.2, 0) is 0 Å². The molecule has 1 aromatic rings. The molecule has 2 aliphatic rings. The van der Waals surface area contributed by atoms with E-state index in [2.05, 4.69) is 101 Å². The molecule has 28 heavy (non-hydrogen) atoms. The van der Waals surface area contributed by atoms with Crippen LogP contribution in [0, 0.1) is 21.7 Å². The summed E-state index contributed by atoms with van der Waals surface area (Å²) < 4.78 is 0. The summed E-state index contributed by atoms with van der Waals surface area (Å²) in [7, 11) is 0. The first-order chi connectivity index (χ1) is 12.4. The van der Waals surface area contributed by atoms with Gasteiger partial charge in [-0.05, 0) is 50.0 Å². The van der Waals surface area contributed by atoms with Crippen molar-refractivity contribution in [2.24, 2.45) is 21.7 Å². The predicted molar refractivity (Wildman–Crippen MR) is 124 cm³/mol. The fourth-order valence-corrected chi connectivity index (χ4v) is 4.30. The number of fused-ring (bicyclic) bond motifs is 2. The molecule has 0 spiro atoms. The largest absolute Gasteiger partial charge is 0.247 e. The van der Waals surface area contributed by atoms with Crippen molar-refractivity contribution >= 4 is 22.3 Å². The van der Waals surface area contributed by atoms with Crippen LogP contribution >= 0.6 is 0 Å². The van der Waals surface area contributed by atoms with E-state index < -0.39 is 0 Å². The molecule has 0 bridgehead atoms. The molecular formula is C27H39N. The maximum Gasteiger partial charge on any atom is 0.0750 e. The number of allylic oxidation sites excluding steroid dienone is 4. The zero-order valence-electron chi connectivity index (χ0n) is 20.2. The summed E-state index contributed by atoms with van der Waals surface area (Å²) in [5.41, 5.74) is 8.44. The molecule has 0 amide bonds. The zero-order valence-corrected chi connectivity index (χ0v) is 20.2. The van der Waals surface area contributed by atoms with Crippen LogP contribution in [0.4, 0.5) is 0 Å². The summed E-state index contributed by atoms with van der Waals surface area (Å²) in [6.07, 6.45) is 4.84. The summed E-state index contributed by atoms with van der Waals surface area (Å²) in [6, 6.07) is 2.45. The molecule has 1 aromatic heterocycles. The molecule has 0 saturated carbocycles. The highest BCUT2D eigenvalue weighted by atomic mass is 14.7. The number of nitrogens with zero attached hydrogens (tertiary/aromatic N) is 1.